The van der Waals surface area contributed by atoms with E-state index in [0.29, 0.717) is 36.1 Å². The number of methoxy groups -OCH3 is 3. The lowest BCUT2D eigenvalue weighted by atomic mass is 9.95. The molecule has 0 aliphatic heterocycles. The van der Waals surface area contributed by atoms with Crippen LogP contribution in [0.25, 0.3) is 0 Å². The van der Waals surface area contributed by atoms with Gasteiger partial charge in [-0.2, -0.15) is 0 Å². The first-order valence-corrected chi connectivity index (χ1v) is 6.10. The molecule has 0 saturated heterocycles. The second-order valence-corrected chi connectivity index (χ2v) is 5.02. The Morgan fingerprint density at radius 2 is 1.53 bits per heavy atom. The number of hydrogen-bond acceptors (Lipinski definition) is 5. The molecule has 1 aromatic rings. The first-order chi connectivity index (χ1) is 8.97. The van der Waals surface area contributed by atoms with Gasteiger partial charge in [-0.15, -0.1) is 0 Å². The average molecular weight is 269 g/mol. The van der Waals surface area contributed by atoms with Crippen LogP contribution >= 0.6 is 0 Å². The van der Waals surface area contributed by atoms with Crippen molar-refractivity contribution in [1.29, 1.82) is 0 Å². The maximum atomic E-state index is 5.75. The molecular formula is C14H23NO4. The van der Waals surface area contributed by atoms with Crippen LogP contribution in [0.15, 0.2) is 12.1 Å². The van der Waals surface area contributed by atoms with E-state index in [1.807, 2.05) is 13.8 Å². The number of rotatable bonds is 7. The Labute approximate surface area is 114 Å². The van der Waals surface area contributed by atoms with Crippen LogP contribution in [-0.4, -0.2) is 34.5 Å². The molecular weight excluding hydrogens is 246 g/mol. The summed E-state index contributed by atoms with van der Waals surface area (Å²) in [6.07, 6.45) is 0. The van der Waals surface area contributed by atoms with E-state index in [-0.39, 0.29) is 5.41 Å². The van der Waals surface area contributed by atoms with Gasteiger partial charge in [0.2, 0.25) is 5.75 Å². The zero-order valence-corrected chi connectivity index (χ0v) is 12.3. The van der Waals surface area contributed by atoms with Gasteiger partial charge in [-0.1, -0.05) is 13.8 Å². The molecule has 5 nitrogen and oxygen atoms in total. The van der Waals surface area contributed by atoms with Crippen LogP contribution in [0.5, 0.6) is 23.0 Å². The molecule has 0 unspecified atom stereocenters. The van der Waals surface area contributed by atoms with Gasteiger partial charge in [-0.3, -0.25) is 0 Å². The minimum absolute atomic E-state index is 0.0829. The molecule has 0 amide bonds. The zero-order valence-electron chi connectivity index (χ0n) is 12.3. The van der Waals surface area contributed by atoms with E-state index in [0.717, 1.165) is 0 Å². The van der Waals surface area contributed by atoms with E-state index in [9.17, 15) is 0 Å². The van der Waals surface area contributed by atoms with Gasteiger partial charge in [0.25, 0.3) is 0 Å². The third kappa shape index (κ3) is 3.92. The fourth-order valence-corrected chi connectivity index (χ4v) is 1.48. The smallest absolute Gasteiger partial charge is 0.203 e. The van der Waals surface area contributed by atoms with E-state index in [4.69, 9.17) is 24.7 Å². The van der Waals surface area contributed by atoms with Crippen molar-refractivity contribution in [2.45, 2.75) is 13.8 Å². The summed E-state index contributed by atoms with van der Waals surface area (Å²) in [5, 5.41) is 0. The number of benzene rings is 1. The summed E-state index contributed by atoms with van der Waals surface area (Å²) in [6, 6.07) is 3.54. The highest BCUT2D eigenvalue weighted by molar-refractivity contribution is 5.55. The van der Waals surface area contributed by atoms with Crippen molar-refractivity contribution in [3.63, 3.8) is 0 Å². The quantitative estimate of drug-likeness (QED) is 0.821. The highest BCUT2D eigenvalue weighted by atomic mass is 16.5. The fourth-order valence-electron chi connectivity index (χ4n) is 1.48. The second kappa shape index (κ2) is 6.52. The van der Waals surface area contributed by atoms with Gasteiger partial charge in [0.1, 0.15) is 5.75 Å². The van der Waals surface area contributed by atoms with Gasteiger partial charge in [-0.05, 0) is 0 Å². The predicted molar refractivity (Wildman–Crippen MR) is 74.4 cm³/mol. The van der Waals surface area contributed by atoms with Crippen molar-refractivity contribution in [1.82, 2.24) is 0 Å². The van der Waals surface area contributed by atoms with Gasteiger partial charge >= 0.3 is 0 Å². The van der Waals surface area contributed by atoms with Gasteiger partial charge in [0.05, 0.1) is 27.9 Å². The van der Waals surface area contributed by atoms with E-state index < -0.39 is 0 Å². The summed E-state index contributed by atoms with van der Waals surface area (Å²) in [7, 11) is 4.72. The molecule has 108 valence electrons. The molecule has 0 saturated carbocycles. The summed E-state index contributed by atoms with van der Waals surface area (Å²) in [4.78, 5) is 0. The lowest BCUT2D eigenvalue weighted by Crippen LogP contribution is -2.30. The van der Waals surface area contributed by atoms with Crippen molar-refractivity contribution >= 4 is 0 Å². The summed E-state index contributed by atoms with van der Waals surface area (Å²) in [6.45, 7) is 5.16. The largest absolute Gasteiger partial charge is 0.493 e. The molecule has 0 aromatic heterocycles. The molecule has 5 heteroatoms. The molecule has 0 heterocycles. The molecule has 0 radical (unpaired) electrons. The van der Waals surface area contributed by atoms with E-state index >= 15 is 0 Å². The van der Waals surface area contributed by atoms with Crippen LogP contribution in [0.3, 0.4) is 0 Å². The molecule has 0 aliphatic carbocycles. The number of nitrogens with two attached hydrogens (primary N) is 1. The maximum Gasteiger partial charge on any atom is 0.203 e. The van der Waals surface area contributed by atoms with Gasteiger partial charge in [0.15, 0.2) is 11.5 Å². The minimum atomic E-state index is -0.0829. The van der Waals surface area contributed by atoms with E-state index in [1.165, 1.54) is 0 Å². The first kappa shape index (κ1) is 15.4. The van der Waals surface area contributed by atoms with Crippen molar-refractivity contribution in [3.05, 3.63) is 12.1 Å². The monoisotopic (exact) mass is 269 g/mol. The van der Waals surface area contributed by atoms with Crippen molar-refractivity contribution < 1.29 is 18.9 Å². The van der Waals surface area contributed by atoms with Crippen LogP contribution in [0.2, 0.25) is 0 Å². The maximum absolute atomic E-state index is 5.75. The Morgan fingerprint density at radius 3 is 1.89 bits per heavy atom. The molecule has 0 spiro atoms. The van der Waals surface area contributed by atoms with Crippen molar-refractivity contribution in [2.24, 2.45) is 11.1 Å². The third-order valence-corrected chi connectivity index (χ3v) is 2.82. The third-order valence-electron chi connectivity index (χ3n) is 2.82. The van der Waals surface area contributed by atoms with Crippen LogP contribution in [0.4, 0.5) is 0 Å². The molecule has 0 fully saturated rings. The Bertz CT molecular complexity index is 393. The van der Waals surface area contributed by atoms with Crippen molar-refractivity contribution in [2.75, 3.05) is 34.5 Å². The lowest BCUT2D eigenvalue weighted by molar-refractivity contribution is 0.185. The van der Waals surface area contributed by atoms with Crippen LogP contribution in [-0.2, 0) is 0 Å². The molecule has 1 rings (SSSR count). The highest BCUT2D eigenvalue weighted by Crippen LogP contribution is 2.41. The van der Waals surface area contributed by atoms with Gasteiger partial charge < -0.3 is 24.7 Å². The molecule has 2 N–H and O–H groups in total. The van der Waals surface area contributed by atoms with Crippen LogP contribution < -0.4 is 24.7 Å². The van der Waals surface area contributed by atoms with Crippen LogP contribution in [0, 0.1) is 5.41 Å². The minimum Gasteiger partial charge on any atom is -0.493 e. The molecule has 0 aliphatic rings. The first-order valence-electron chi connectivity index (χ1n) is 6.10. The van der Waals surface area contributed by atoms with E-state index in [1.54, 1.807) is 33.5 Å². The summed E-state index contributed by atoms with van der Waals surface area (Å²) in [5.41, 5.74) is 5.60. The van der Waals surface area contributed by atoms with E-state index in [2.05, 4.69) is 0 Å². The molecule has 19 heavy (non-hydrogen) atoms. The van der Waals surface area contributed by atoms with Crippen molar-refractivity contribution in [3.8, 4) is 23.0 Å². The zero-order chi connectivity index (χ0) is 14.5. The normalized spacial score (nSPS) is 11.1. The summed E-state index contributed by atoms with van der Waals surface area (Å²) < 4.78 is 21.5. The Balaban J connectivity index is 2.97. The predicted octanol–water partition coefficient (Wildman–Crippen LogP) is 2.08. The second-order valence-electron chi connectivity index (χ2n) is 5.02. The van der Waals surface area contributed by atoms with Gasteiger partial charge in [-0.25, -0.2) is 0 Å². The Morgan fingerprint density at radius 1 is 1.00 bits per heavy atom. The topological polar surface area (TPSA) is 62.9 Å². The fraction of sp³-hybridized carbons (Fsp3) is 0.571. The average Bonchev–Trinajstić information content (AvgIpc) is 2.43. The lowest BCUT2D eigenvalue weighted by Gasteiger charge is -2.23. The summed E-state index contributed by atoms with van der Waals surface area (Å²) in [5.74, 6) is 2.36. The Kier molecular flexibility index (Phi) is 5.30. The summed E-state index contributed by atoms with van der Waals surface area (Å²) >= 11 is 0. The number of ether oxygens (including phenoxy) is 4. The van der Waals surface area contributed by atoms with Gasteiger partial charge in [0, 0.05) is 24.1 Å². The number of hydrogen-bond donors (Lipinski definition) is 1. The van der Waals surface area contributed by atoms with Crippen LogP contribution in [0.1, 0.15) is 13.8 Å². The molecule has 0 atom stereocenters. The standard InChI is InChI=1S/C14H23NO4/c1-14(2,8-15)9-19-10-6-11(16-3)13(18-5)12(7-10)17-4/h6-7H,8-9,15H2,1-5H3. The SMILES string of the molecule is COc1cc(OCC(C)(C)CN)cc(OC)c1OC. The molecule has 0 bridgehead atoms. The highest BCUT2D eigenvalue weighted by Gasteiger charge is 2.18. The molecule has 1 aromatic carbocycles. The Hall–Kier alpha value is -1.62.